The Bertz CT molecular complexity index is 1130. The number of fused-ring (bicyclic) bond motifs is 1. The summed E-state index contributed by atoms with van der Waals surface area (Å²) in [6.07, 6.45) is 1.09. The molecule has 0 unspecified atom stereocenters. The molecule has 4 aromatic rings. The number of amides is 1. The number of carbonyl (C=O) groups is 1. The predicted molar refractivity (Wildman–Crippen MR) is 117 cm³/mol. The number of hydrogen-bond donors (Lipinski definition) is 2. The Morgan fingerprint density at radius 1 is 1.17 bits per heavy atom. The molecule has 0 saturated carbocycles. The molecule has 0 saturated heterocycles. The predicted octanol–water partition coefficient (Wildman–Crippen LogP) is 4.86. The summed E-state index contributed by atoms with van der Waals surface area (Å²) in [4.78, 5) is 20.3. The van der Waals surface area contributed by atoms with Crippen LogP contribution in [0.15, 0.2) is 53.9 Å². The van der Waals surface area contributed by atoms with Crippen LogP contribution in [0, 0.1) is 6.92 Å². The molecule has 29 heavy (non-hydrogen) atoms. The number of aromatic amines is 1. The maximum Gasteiger partial charge on any atom is 0.220 e. The highest BCUT2D eigenvalue weighted by Crippen LogP contribution is 2.32. The lowest BCUT2D eigenvalue weighted by Gasteiger charge is -2.07. The van der Waals surface area contributed by atoms with Gasteiger partial charge in [0.05, 0.1) is 13.7 Å². The quantitative estimate of drug-likeness (QED) is 0.461. The van der Waals surface area contributed by atoms with Crippen LogP contribution in [0.25, 0.3) is 22.2 Å². The molecule has 4 rings (SSSR count). The van der Waals surface area contributed by atoms with Crippen LogP contribution in [0.4, 0.5) is 0 Å². The van der Waals surface area contributed by atoms with Crippen molar-refractivity contribution in [3.05, 3.63) is 70.2 Å². The van der Waals surface area contributed by atoms with Crippen molar-refractivity contribution in [2.24, 2.45) is 0 Å². The summed E-state index contributed by atoms with van der Waals surface area (Å²) in [7, 11) is 1.66. The van der Waals surface area contributed by atoms with E-state index in [2.05, 4.69) is 27.4 Å². The van der Waals surface area contributed by atoms with Gasteiger partial charge in [0.1, 0.15) is 10.8 Å². The van der Waals surface area contributed by atoms with Gasteiger partial charge in [0.25, 0.3) is 0 Å². The maximum absolute atomic E-state index is 12.4. The number of nitrogens with one attached hydrogen (secondary N) is 2. The van der Waals surface area contributed by atoms with Crippen molar-refractivity contribution in [3.63, 3.8) is 0 Å². The minimum atomic E-state index is 0.0313. The second kappa shape index (κ2) is 8.49. The highest BCUT2D eigenvalue weighted by molar-refractivity contribution is 7.09. The van der Waals surface area contributed by atoms with Gasteiger partial charge in [-0.3, -0.25) is 4.79 Å². The number of carbonyl (C=O) groups excluding carboxylic acids is 1. The van der Waals surface area contributed by atoms with Gasteiger partial charge in [-0.2, -0.15) is 0 Å². The molecule has 0 aliphatic carbocycles. The molecule has 0 aliphatic heterocycles. The van der Waals surface area contributed by atoms with E-state index in [0.29, 0.717) is 19.4 Å². The van der Waals surface area contributed by atoms with Crippen LogP contribution in [0.5, 0.6) is 5.75 Å². The molecule has 0 bridgehead atoms. The van der Waals surface area contributed by atoms with Crippen LogP contribution in [0.3, 0.4) is 0 Å². The third-order valence-corrected chi connectivity index (χ3v) is 5.86. The molecule has 2 heterocycles. The molecule has 148 valence electrons. The average Bonchev–Trinajstić information content (AvgIpc) is 3.34. The molecule has 2 N–H and O–H groups in total. The molecule has 5 nitrogen and oxygen atoms in total. The van der Waals surface area contributed by atoms with Crippen LogP contribution < -0.4 is 10.1 Å². The van der Waals surface area contributed by atoms with Crippen molar-refractivity contribution in [2.75, 3.05) is 7.11 Å². The summed E-state index contributed by atoms with van der Waals surface area (Å²) in [5.74, 6) is 0.854. The molecular formula is C23H23N3O2S. The Morgan fingerprint density at radius 2 is 1.97 bits per heavy atom. The first-order chi connectivity index (χ1) is 14.1. The second-order valence-corrected chi connectivity index (χ2v) is 7.85. The van der Waals surface area contributed by atoms with Crippen molar-refractivity contribution in [3.8, 4) is 17.0 Å². The summed E-state index contributed by atoms with van der Waals surface area (Å²) in [6, 6.07) is 16.2. The minimum absolute atomic E-state index is 0.0313. The second-order valence-electron chi connectivity index (χ2n) is 6.91. The van der Waals surface area contributed by atoms with Crippen molar-refractivity contribution >= 4 is 28.1 Å². The normalized spacial score (nSPS) is 11.0. The van der Waals surface area contributed by atoms with Gasteiger partial charge in [0.2, 0.25) is 5.91 Å². The average molecular weight is 406 g/mol. The van der Waals surface area contributed by atoms with Crippen LogP contribution in [-0.4, -0.2) is 23.0 Å². The number of ether oxygens (including phenoxy) is 1. The van der Waals surface area contributed by atoms with Crippen molar-refractivity contribution in [2.45, 2.75) is 26.3 Å². The van der Waals surface area contributed by atoms with E-state index >= 15 is 0 Å². The lowest BCUT2D eigenvalue weighted by molar-refractivity contribution is -0.121. The van der Waals surface area contributed by atoms with Gasteiger partial charge in [-0.05, 0) is 54.8 Å². The number of rotatable bonds is 7. The van der Waals surface area contributed by atoms with Crippen molar-refractivity contribution < 1.29 is 9.53 Å². The number of aromatic nitrogens is 2. The van der Waals surface area contributed by atoms with Crippen LogP contribution in [-0.2, 0) is 17.8 Å². The Hall–Kier alpha value is -3.12. The van der Waals surface area contributed by atoms with E-state index in [-0.39, 0.29) is 5.91 Å². The van der Waals surface area contributed by atoms with Gasteiger partial charge in [0, 0.05) is 34.1 Å². The van der Waals surface area contributed by atoms with Gasteiger partial charge >= 0.3 is 0 Å². The molecular weight excluding hydrogens is 382 g/mol. The highest BCUT2D eigenvalue weighted by atomic mass is 32.1. The molecule has 1 amide bonds. The third kappa shape index (κ3) is 4.32. The highest BCUT2D eigenvalue weighted by Gasteiger charge is 2.15. The zero-order valence-electron chi connectivity index (χ0n) is 16.5. The number of para-hydroxylation sites is 1. The summed E-state index contributed by atoms with van der Waals surface area (Å²) in [5.41, 5.74) is 5.35. The molecule has 0 fully saturated rings. The fourth-order valence-electron chi connectivity index (χ4n) is 3.45. The largest absolute Gasteiger partial charge is 0.497 e. The number of thiazole rings is 1. The van der Waals surface area contributed by atoms with Crippen LogP contribution >= 0.6 is 11.3 Å². The smallest absolute Gasteiger partial charge is 0.220 e. The lowest BCUT2D eigenvalue weighted by atomic mass is 10.0. The molecule has 0 spiro atoms. The number of nitrogens with zero attached hydrogens (tertiary/aromatic N) is 1. The minimum Gasteiger partial charge on any atom is -0.497 e. The zero-order chi connectivity index (χ0) is 20.2. The van der Waals surface area contributed by atoms with Crippen molar-refractivity contribution in [1.29, 1.82) is 0 Å². The SMILES string of the molecule is COc1ccc(-c2[nH]c3ccccc3c2CCC(=O)NCc2nc(C)cs2)cc1. The van der Waals surface area contributed by atoms with Gasteiger partial charge < -0.3 is 15.0 Å². The first-order valence-electron chi connectivity index (χ1n) is 9.56. The molecule has 2 aromatic carbocycles. The van der Waals surface area contributed by atoms with E-state index in [4.69, 9.17) is 4.74 Å². The molecule has 6 heteroatoms. The van der Waals surface area contributed by atoms with E-state index in [9.17, 15) is 4.79 Å². The van der Waals surface area contributed by atoms with E-state index in [1.807, 2.05) is 48.7 Å². The molecule has 0 radical (unpaired) electrons. The van der Waals surface area contributed by atoms with E-state index < -0.39 is 0 Å². The summed E-state index contributed by atoms with van der Waals surface area (Å²) in [6.45, 7) is 2.44. The fraction of sp³-hybridized carbons (Fsp3) is 0.217. The fourth-order valence-corrected chi connectivity index (χ4v) is 4.16. The summed E-state index contributed by atoms with van der Waals surface area (Å²) < 4.78 is 5.27. The number of benzene rings is 2. The third-order valence-electron chi connectivity index (χ3n) is 4.90. The van der Waals surface area contributed by atoms with E-state index in [0.717, 1.165) is 44.2 Å². The van der Waals surface area contributed by atoms with Gasteiger partial charge in [0.15, 0.2) is 0 Å². The number of methoxy groups -OCH3 is 1. The van der Waals surface area contributed by atoms with Crippen LogP contribution in [0.2, 0.25) is 0 Å². The maximum atomic E-state index is 12.4. The molecule has 0 atom stereocenters. The Kier molecular flexibility index (Phi) is 5.62. The first-order valence-corrected chi connectivity index (χ1v) is 10.4. The summed E-state index contributed by atoms with van der Waals surface area (Å²) >= 11 is 1.57. The standard InChI is InChI=1S/C23H23N3O2S/c1-15-14-29-22(25-15)13-24-21(27)12-11-19-18-5-3-4-6-20(18)26-23(19)16-7-9-17(28-2)10-8-16/h3-10,14,26H,11-13H2,1-2H3,(H,24,27). The van der Waals surface area contributed by atoms with E-state index in [1.54, 1.807) is 18.4 Å². The van der Waals surface area contributed by atoms with E-state index in [1.165, 1.54) is 0 Å². The monoisotopic (exact) mass is 405 g/mol. The topological polar surface area (TPSA) is 67.0 Å². The number of H-pyrrole nitrogens is 1. The summed E-state index contributed by atoms with van der Waals surface area (Å²) in [5, 5.41) is 7.06. The van der Waals surface area contributed by atoms with Crippen LogP contribution in [0.1, 0.15) is 22.7 Å². The molecule has 0 aliphatic rings. The lowest BCUT2D eigenvalue weighted by Crippen LogP contribution is -2.23. The van der Waals surface area contributed by atoms with Gasteiger partial charge in [-0.1, -0.05) is 18.2 Å². The first kappa shape index (κ1) is 19.2. The Balaban J connectivity index is 1.53. The number of hydrogen-bond acceptors (Lipinski definition) is 4. The Morgan fingerprint density at radius 3 is 2.69 bits per heavy atom. The van der Waals surface area contributed by atoms with Gasteiger partial charge in [-0.25, -0.2) is 4.98 Å². The number of aryl methyl sites for hydroxylation is 2. The van der Waals surface area contributed by atoms with Gasteiger partial charge in [-0.15, -0.1) is 11.3 Å². The van der Waals surface area contributed by atoms with Crippen molar-refractivity contribution in [1.82, 2.24) is 15.3 Å². The Labute approximate surface area is 173 Å². The molecule has 2 aromatic heterocycles. The zero-order valence-corrected chi connectivity index (χ0v) is 17.3.